The van der Waals surface area contributed by atoms with Crippen LogP contribution in [0, 0.1) is 16.7 Å². The van der Waals surface area contributed by atoms with Gasteiger partial charge in [-0.1, -0.05) is 20.8 Å². The minimum absolute atomic E-state index is 0.0130. The summed E-state index contributed by atoms with van der Waals surface area (Å²) in [5, 5.41) is 60.2. The van der Waals surface area contributed by atoms with E-state index in [-0.39, 0.29) is 17.4 Å². The number of esters is 1. The van der Waals surface area contributed by atoms with Crippen LogP contribution in [0.4, 0.5) is 0 Å². The van der Waals surface area contributed by atoms with E-state index in [4.69, 9.17) is 19.3 Å². The van der Waals surface area contributed by atoms with E-state index >= 15 is 0 Å². The van der Waals surface area contributed by atoms with Gasteiger partial charge >= 0.3 is 11.9 Å². The van der Waals surface area contributed by atoms with E-state index in [0.717, 1.165) is 0 Å². The van der Waals surface area contributed by atoms with Crippen LogP contribution in [0.15, 0.2) is 0 Å². The van der Waals surface area contributed by atoms with E-state index in [1.54, 1.807) is 0 Å². The summed E-state index contributed by atoms with van der Waals surface area (Å²) in [5.41, 5.74) is -2.42. The van der Waals surface area contributed by atoms with Crippen molar-refractivity contribution in [3.8, 4) is 0 Å². The molecule has 1 heterocycles. The van der Waals surface area contributed by atoms with Crippen molar-refractivity contribution in [1.82, 2.24) is 0 Å². The van der Waals surface area contributed by atoms with E-state index in [0.29, 0.717) is 12.8 Å². The van der Waals surface area contributed by atoms with Crippen molar-refractivity contribution in [1.29, 1.82) is 0 Å². The average Bonchev–Trinajstić information content (AvgIpc) is 2.96. The van der Waals surface area contributed by atoms with Crippen LogP contribution in [0.1, 0.15) is 53.4 Å². The topological polar surface area (TPSA) is 183 Å². The van der Waals surface area contributed by atoms with Crippen molar-refractivity contribution in [2.75, 3.05) is 6.61 Å². The molecule has 1 aliphatic heterocycles. The highest BCUT2D eigenvalue weighted by atomic mass is 16.7. The molecule has 0 amide bonds. The Hall–Kier alpha value is -1.34. The zero-order valence-electron chi connectivity index (χ0n) is 19.4. The molecule has 6 N–H and O–H groups in total. The zero-order chi connectivity index (χ0) is 24.9. The van der Waals surface area contributed by atoms with Gasteiger partial charge in [-0.05, 0) is 31.1 Å². The molecule has 3 rings (SSSR count). The Bertz CT molecular complexity index is 753. The van der Waals surface area contributed by atoms with Crippen LogP contribution in [0.3, 0.4) is 0 Å². The van der Waals surface area contributed by atoms with Gasteiger partial charge in [-0.3, -0.25) is 9.59 Å². The second-order valence-electron chi connectivity index (χ2n) is 10.8. The molecule has 0 spiro atoms. The third kappa shape index (κ3) is 4.90. The number of carboxylic acid groups (broad SMARTS) is 1. The number of carbonyl (C=O) groups excluding carboxylic acids is 1. The highest BCUT2D eigenvalue weighted by molar-refractivity contribution is 5.73. The minimum Gasteiger partial charge on any atom is -0.481 e. The lowest BCUT2D eigenvalue weighted by Gasteiger charge is -2.44. The van der Waals surface area contributed by atoms with Crippen LogP contribution < -0.4 is 0 Å². The molecule has 10 atom stereocenters. The quantitative estimate of drug-likeness (QED) is 0.240. The molecular weight excluding hydrogens is 440 g/mol. The van der Waals surface area contributed by atoms with Gasteiger partial charge in [0, 0.05) is 5.41 Å². The van der Waals surface area contributed by atoms with Gasteiger partial charge in [0.05, 0.1) is 30.7 Å². The standard InChI is InChI=1S/C22H36O11/c1-20(2)10-5-13(22(20,4)6-11(10)23)33-19-18(29)17(28)16(27)12(32-19)9-31-15(26)8-21(3,30)7-14(24)25/h10-13,16-19,23,27-30H,5-9H2,1-4H3,(H,24,25)/t10-,11+,12+,13-,16+,17-,18+,19-,21-,22-/m0/s1. The summed E-state index contributed by atoms with van der Waals surface area (Å²) in [6.45, 7) is 6.83. The first-order valence-electron chi connectivity index (χ1n) is 11.2. The largest absolute Gasteiger partial charge is 0.481 e. The molecule has 11 nitrogen and oxygen atoms in total. The molecule has 2 bridgehead atoms. The van der Waals surface area contributed by atoms with Crippen molar-refractivity contribution in [3.05, 3.63) is 0 Å². The van der Waals surface area contributed by atoms with Crippen LogP contribution in [0.25, 0.3) is 0 Å². The van der Waals surface area contributed by atoms with Gasteiger partial charge in [-0.25, -0.2) is 0 Å². The predicted molar refractivity (Wildman–Crippen MR) is 111 cm³/mol. The molecule has 0 radical (unpaired) electrons. The molecule has 190 valence electrons. The lowest BCUT2D eigenvalue weighted by Crippen LogP contribution is -2.60. The van der Waals surface area contributed by atoms with Gasteiger partial charge in [0.1, 0.15) is 31.0 Å². The van der Waals surface area contributed by atoms with Crippen molar-refractivity contribution < 1.29 is 54.4 Å². The maximum absolute atomic E-state index is 12.0. The molecule has 3 fully saturated rings. The third-order valence-corrected chi connectivity index (χ3v) is 8.11. The van der Waals surface area contributed by atoms with Gasteiger partial charge in [-0.15, -0.1) is 0 Å². The zero-order valence-corrected chi connectivity index (χ0v) is 19.4. The lowest BCUT2D eigenvalue weighted by atomic mass is 9.70. The Balaban J connectivity index is 1.61. The monoisotopic (exact) mass is 476 g/mol. The number of aliphatic hydroxyl groups excluding tert-OH is 4. The molecule has 3 aliphatic rings. The van der Waals surface area contributed by atoms with Gasteiger partial charge in [0.15, 0.2) is 6.29 Å². The van der Waals surface area contributed by atoms with Gasteiger partial charge in [0.25, 0.3) is 0 Å². The molecule has 0 aromatic rings. The summed E-state index contributed by atoms with van der Waals surface area (Å²) >= 11 is 0. The highest BCUT2D eigenvalue weighted by Gasteiger charge is 2.66. The van der Waals surface area contributed by atoms with E-state index < -0.39 is 79.2 Å². The van der Waals surface area contributed by atoms with Crippen LogP contribution in [0.2, 0.25) is 0 Å². The van der Waals surface area contributed by atoms with E-state index in [2.05, 4.69) is 13.8 Å². The Kier molecular flexibility index (Phi) is 7.19. The summed E-state index contributed by atoms with van der Waals surface area (Å²) in [5.74, 6) is -2.17. The Morgan fingerprint density at radius 2 is 1.70 bits per heavy atom. The fourth-order valence-electron chi connectivity index (χ4n) is 5.69. The van der Waals surface area contributed by atoms with Crippen molar-refractivity contribution in [2.45, 2.75) is 102 Å². The molecule has 0 unspecified atom stereocenters. The predicted octanol–water partition coefficient (Wildman–Crippen LogP) is -0.845. The number of hydrogen-bond donors (Lipinski definition) is 6. The molecular formula is C22H36O11. The average molecular weight is 477 g/mol. The summed E-state index contributed by atoms with van der Waals surface area (Å²) in [7, 11) is 0. The van der Waals surface area contributed by atoms with Gasteiger partial charge in [0.2, 0.25) is 0 Å². The van der Waals surface area contributed by atoms with Crippen molar-refractivity contribution in [3.63, 3.8) is 0 Å². The van der Waals surface area contributed by atoms with E-state index in [1.165, 1.54) is 6.92 Å². The summed E-state index contributed by atoms with van der Waals surface area (Å²) in [6.07, 6.45) is -8.22. The van der Waals surface area contributed by atoms with Crippen LogP contribution >= 0.6 is 0 Å². The molecule has 2 aliphatic carbocycles. The minimum atomic E-state index is -1.81. The SMILES string of the molecule is CC1(C)[C@H]2C[C@H](O[C@@H]3O[C@H](COC(=O)C[C@@](C)(O)CC(=O)O)[C@@H](O)[C@H](O)[C@H]3O)[C@]1(C)C[C@H]2O. The lowest BCUT2D eigenvalue weighted by molar-refractivity contribution is -0.320. The van der Waals surface area contributed by atoms with Crippen LogP contribution in [-0.2, 0) is 23.8 Å². The molecule has 0 aromatic heterocycles. The molecule has 1 saturated heterocycles. The normalized spacial score (nSPS) is 43.8. The smallest absolute Gasteiger partial charge is 0.308 e. The van der Waals surface area contributed by atoms with Crippen LogP contribution in [0.5, 0.6) is 0 Å². The number of hydrogen-bond acceptors (Lipinski definition) is 10. The van der Waals surface area contributed by atoms with Crippen molar-refractivity contribution >= 4 is 11.9 Å². The summed E-state index contributed by atoms with van der Waals surface area (Å²) < 4.78 is 16.8. The number of rotatable bonds is 8. The second-order valence-corrected chi connectivity index (χ2v) is 10.8. The first-order valence-corrected chi connectivity index (χ1v) is 11.2. The number of ether oxygens (including phenoxy) is 3. The summed E-state index contributed by atoms with van der Waals surface area (Å²) in [4.78, 5) is 22.8. The highest BCUT2D eigenvalue weighted by Crippen LogP contribution is 2.66. The fourth-order valence-corrected chi connectivity index (χ4v) is 5.69. The first-order chi connectivity index (χ1) is 15.1. The number of carboxylic acids is 1. The summed E-state index contributed by atoms with van der Waals surface area (Å²) in [6, 6.07) is 0. The van der Waals surface area contributed by atoms with E-state index in [9.17, 15) is 35.1 Å². The second kappa shape index (κ2) is 9.03. The molecule has 33 heavy (non-hydrogen) atoms. The number of fused-ring (bicyclic) bond motifs is 2. The molecule has 0 aromatic carbocycles. The molecule has 11 heteroatoms. The van der Waals surface area contributed by atoms with Crippen molar-refractivity contribution in [2.24, 2.45) is 16.7 Å². The number of carbonyl (C=O) groups is 2. The van der Waals surface area contributed by atoms with Gasteiger partial charge in [-0.2, -0.15) is 0 Å². The van der Waals surface area contributed by atoms with Gasteiger partial charge < -0.3 is 44.8 Å². The first kappa shape index (κ1) is 26.3. The Labute approximate surface area is 192 Å². The Morgan fingerprint density at radius 1 is 1.06 bits per heavy atom. The fraction of sp³-hybridized carbons (Fsp3) is 0.909. The maximum Gasteiger partial charge on any atom is 0.308 e. The van der Waals surface area contributed by atoms with Crippen LogP contribution in [-0.4, -0.2) is 97.7 Å². The maximum atomic E-state index is 12.0. The third-order valence-electron chi connectivity index (χ3n) is 8.11. The van der Waals surface area contributed by atoms with E-state index in [1.807, 2.05) is 6.92 Å². The number of aliphatic hydroxyl groups is 5. The number of aliphatic carboxylic acids is 1. The molecule has 2 saturated carbocycles. The Morgan fingerprint density at radius 3 is 2.21 bits per heavy atom.